The van der Waals surface area contributed by atoms with Crippen molar-refractivity contribution in [1.29, 1.82) is 0 Å². The van der Waals surface area contributed by atoms with Crippen molar-refractivity contribution >= 4 is 46.8 Å². The van der Waals surface area contributed by atoms with Gasteiger partial charge in [-0.05, 0) is 44.2 Å². The van der Waals surface area contributed by atoms with Gasteiger partial charge in [0.25, 0.3) is 11.8 Å². The average Bonchev–Trinajstić information content (AvgIpc) is 2.87. The fraction of sp³-hybridized carbons (Fsp3) is 0.158. The normalized spacial score (nSPS) is 15.7. The van der Waals surface area contributed by atoms with E-state index in [4.69, 9.17) is 27.9 Å². The average molecular weight is 391 g/mol. The zero-order valence-electron chi connectivity index (χ0n) is 14.1. The molecule has 0 aliphatic carbocycles. The lowest BCUT2D eigenvalue weighted by Gasteiger charge is -2.15. The van der Waals surface area contributed by atoms with Gasteiger partial charge in [0.2, 0.25) is 0 Å². The third-order valence-corrected chi connectivity index (χ3v) is 4.37. The van der Waals surface area contributed by atoms with E-state index in [1.165, 1.54) is 12.1 Å². The lowest BCUT2D eigenvalue weighted by atomic mass is 10.1. The molecule has 1 saturated heterocycles. The predicted molar refractivity (Wildman–Crippen MR) is 102 cm³/mol. The zero-order valence-corrected chi connectivity index (χ0v) is 15.6. The maximum absolute atomic E-state index is 12.7. The molecule has 1 heterocycles. The molecule has 5 nitrogen and oxygen atoms in total. The number of carbonyl (C=O) groups excluding carboxylic acids is 2. The summed E-state index contributed by atoms with van der Waals surface area (Å²) in [5.74, 6) is -0.378. The lowest BCUT2D eigenvalue weighted by Crippen LogP contribution is -2.35. The molecule has 2 aromatic carbocycles. The molecule has 0 unspecified atom stereocenters. The number of anilines is 1. The highest BCUT2D eigenvalue weighted by molar-refractivity contribution is 6.42. The van der Waals surface area contributed by atoms with Gasteiger partial charge in [-0.1, -0.05) is 41.4 Å². The fourth-order valence-electron chi connectivity index (χ4n) is 2.48. The van der Waals surface area contributed by atoms with Crippen LogP contribution in [0, 0.1) is 0 Å². The summed E-state index contributed by atoms with van der Waals surface area (Å²) in [6.45, 7) is 3.81. The first-order valence-electron chi connectivity index (χ1n) is 7.94. The molecular formula is C19H16Cl2N2O3. The molecule has 1 aliphatic heterocycles. The summed E-state index contributed by atoms with van der Waals surface area (Å²) in [4.78, 5) is 25.0. The number of benzene rings is 2. The number of rotatable bonds is 4. The van der Waals surface area contributed by atoms with E-state index < -0.39 is 11.8 Å². The number of amides is 2. The number of hydrogen-bond acceptors (Lipinski definition) is 3. The topological polar surface area (TPSA) is 58.6 Å². The smallest absolute Gasteiger partial charge is 0.282 e. The maximum Gasteiger partial charge on any atom is 0.282 e. The van der Waals surface area contributed by atoms with Crippen LogP contribution in [0.2, 0.25) is 10.0 Å². The van der Waals surface area contributed by atoms with Crippen molar-refractivity contribution < 1.29 is 14.3 Å². The van der Waals surface area contributed by atoms with Gasteiger partial charge in [-0.25, -0.2) is 5.01 Å². The second kappa shape index (κ2) is 7.40. The second-order valence-electron chi connectivity index (χ2n) is 5.94. The number of para-hydroxylation sites is 1. The summed E-state index contributed by atoms with van der Waals surface area (Å²) in [6, 6.07) is 11.9. The van der Waals surface area contributed by atoms with Gasteiger partial charge >= 0.3 is 0 Å². The molecule has 7 heteroatoms. The quantitative estimate of drug-likeness (QED) is 0.627. The number of nitrogens with zero attached hydrogens (tertiary/aromatic N) is 1. The van der Waals surface area contributed by atoms with Crippen LogP contribution < -0.4 is 15.2 Å². The zero-order chi connectivity index (χ0) is 18.8. The lowest BCUT2D eigenvalue weighted by molar-refractivity contribution is -0.117. The molecule has 0 aromatic heterocycles. The van der Waals surface area contributed by atoms with Crippen molar-refractivity contribution in [3.05, 3.63) is 63.6 Å². The Labute approximate surface area is 161 Å². The number of ether oxygens (including phenoxy) is 1. The predicted octanol–water partition coefficient (Wildman–Crippen LogP) is 4.24. The van der Waals surface area contributed by atoms with Gasteiger partial charge in [0.15, 0.2) is 0 Å². The van der Waals surface area contributed by atoms with Crippen molar-refractivity contribution in [3.63, 3.8) is 0 Å². The molecule has 1 N–H and O–H groups in total. The van der Waals surface area contributed by atoms with E-state index in [2.05, 4.69) is 5.43 Å². The second-order valence-corrected chi connectivity index (χ2v) is 6.76. The fourth-order valence-corrected chi connectivity index (χ4v) is 2.77. The Bertz CT molecular complexity index is 909. The van der Waals surface area contributed by atoms with E-state index in [-0.39, 0.29) is 11.7 Å². The summed E-state index contributed by atoms with van der Waals surface area (Å²) < 4.78 is 5.73. The molecule has 1 aliphatic rings. The Kier molecular flexibility index (Phi) is 5.20. The molecule has 0 spiro atoms. The third kappa shape index (κ3) is 3.69. The Morgan fingerprint density at radius 1 is 1.08 bits per heavy atom. The van der Waals surface area contributed by atoms with Crippen molar-refractivity contribution in [3.8, 4) is 5.75 Å². The van der Waals surface area contributed by atoms with Crippen LogP contribution in [-0.4, -0.2) is 17.9 Å². The first-order chi connectivity index (χ1) is 12.4. The molecule has 3 rings (SSSR count). The minimum atomic E-state index is -0.500. The third-order valence-electron chi connectivity index (χ3n) is 3.63. The largest absolute Gasteiger partial charge is 0.490 e. The number of halogens is 2. The van der Waals surface area contributed by atoms with Crippen LogP contribution in [0.1, 0.15) is 19.4 Å². The van der Waals surface area contributed by atoms with Gasteiger partial charge in [-0.2, -0.15) is 0 Å². The van der Waals surface area contributed by atoms with Gasteiger partial charge in [-0.3, -0.25) is 15.0 Å². The van der Waals surface area contributed by atoms with E-state index >= 15 is 0 Å². The Morgan fingerprint density at radius 2 is 1.81 bits per heavy atom. The summed E-state index contributed by atoms with van der Waals surface area (Å²) in [7, 11) is 0. The molecular weight excluding hydrogens is 375 g/mol. The molecule has 0 saturated carbocycles. The highest BCUT2D eigenvalue weighted by Gasteiger charge is 2.34. The Morgan fingerprint density at radius 3 is 2.50 bits per heavy atom. The summed E-state index contributed by atoms with van der Waals surface area (Å²) >= 11 is 11.9. The number of carbonyl (C=O) groups is 2. The first-order valence-corrected chi connectivity index (χ1v) is 8.70. The summed E-state index contributed by atoms with van der Waals surface area (Å²) in [6.07, 6.45) is 1.49. The van der Waals surface area contributed by atoms with Crippen molar-refractivity contribution in [2.45, 2.75) is 20.0 Å². The maximum atomic E-state index is 12.7. The highest BCUT2D eigenvalue weighted by Crippen LogP contribution is 2.30. The van der Waals surface area contributed by atoms with Gasteiger partial charge in [0.1, 0.15) is 11.3 Å². The highest BCUT2D eigenvalue weighted by atomic mass is 35.5. The monoisotopic (exact) mass is 390 g/mol. The summed E-state index contributed by atoms with van der Waals surface area (Å²) in [5, 5.41) is 1.80. The van der Waals surface area contributed by atoms with Crippen LogP contribution in [0.25, 0.3) is 6.08 Å². The minimum absolute atomic E-state index is 0.0101. The van der Waals surface area contributed by atoms with E-state index in [0.29, 0.717) is 27.0 Å². The Hall–Kier alpha value is -2.50. The van der Waals surface area contributed by atoms with Gasteiger partial charge in [0, 0.05) is 5.56 Å². The van der Waals surface area contributed by atoms with Crippen LogP contribution in [0.4, 0.5) is 5.69 Å². The molecule has 0 radical (unpaired) electrons. The van der Waals surface area contributed by atoms with Crippen LogP contribution in [0.5, 0.6) is 5.75 Å². The molecule has 26 heavy (non-hydrogen) atoms. The van der Waals surface area contributed by atoms with Crippen LogP contribution in [0.15, 0.2) is 48.0 Å². The van der Waals surface area contributed by atoms with Crippen molar-refractivity contribution in [1.82, 2.24) is 5.43 Å². The van der Waals surface area contributed by atoms with E-state index in [1.807, 2.05) is 26.0 Å². The van der Waals surface area contributed by atoms with Crippen molar-refractivity contribution in [2.75, 3.05) is 5.01 Å². The SMILES string of the molecule is CC(C)Oc1ccccc1/C=C1\C(=O)NN(c2ccc(Cl)c(Cl)c2)C1=O. The Balaban J connectivity index is 1.95. The molecule has 0 atom stereocenters. The first kappa shape index (κ1) is 18.3. The van der Waals surface area contributed by atoms with Gasteiger partial charge in [0.05, 0.1) is 21.8 Å². The van der Waals surface area contributed by atoms with Crippen LogP contribution in [-0.2, 0) is 9.59 Å². The molecule has 2 aromatic rings. The van der Waals surface area contributed by atoms with Gasteiger partial charge in [-0.15, -0.1) is 0 Å². The number of nitrogens with one attached hydrogen (secondary N) is 1. The van der Waals surface area contributed by atoms with Gasteiger partial charge < -0.3 is 4.74 Å². The number of hydrogen-bond donors (Lipinski definition) is 1. The molecule has 1 fully saturated rings. The van der Waals surface area contributed by atoms with E-state index in [0.717, 1.165) is 5.01 Å². The van der Waals surface area contributed by atoms with Crippen LogP contribution >= 0.6 is 23.2 Å². The molecule has 2 amide bonds. The number of hydrazine groups is 1. The van der Waals surface area contributed by atoms with Crippen molar-refractivity contribution in [2.24, 2.45) is 0 Å². The summed E-state index contributed by atoms with van der Waals surface area (Å²) in [5.41, 5.74) is 3.61. The van der Waals surface area contributed by atoms with Crippen LogP contribution in [0.3, 0.4) is 0 Å². The minimum Gasteiger partial charge on any atom is -0.490 e. The standard InChI is InChI=1S/C19H16Cl2N2O3/c1-11(2)26-17-6-4-3-5-12(17)9-14-18(24)22-23(19(14)25)13-7-8-15(20)16(21)10-13/h3-11H,1-2H3,(H,22,24)/b14-9+. The van der Waals surface area contributed by atoms with E-state index in [1.54, 1.807) is 24.3 Å². The van der Waals surface area contributed by atoms with E-state index in [9.17, 15) is 9.59 Å². The molecule has 134 valence electrons. The molecule has 0 bridgehead atoms.